The van der Waals surface area contributed by atoms with Crippen LogP contribution in [0.4, 0.5) is 0 Å². The van der Waals surface area contributed by atoms with Crippen LogP contribution >= 0.6 is 0 Å². The van der Waals surface area contributed by atoms with Crippen LogP contribution in [0, 0.1) is 10.8 Å². The summed E-state index contributed by atoms with van der Waals surface area (Å²) in [6.07, 6.45) is 0. The summed E-state index contributed by atoms with van der Waals surface area (Å²) in [5.41, 5.74) is 14.5. The van der Waals surface area contributed by atoms with Crippen LogP contribution in [0.5, 0.6) is 0 Å². The molecule has 6 N–H and O–H groups in total. The molecule has 1 aliphatic heterocycles. The molecule has 7 heteroatoms. The molecule has 1 fully saturated rings. The predicted molar refractivity (Wildman–Crippen MR) is 106 cm³/mol. The van der Waals surface area contributed by atoms with E-state index in [9.17, 15) is 4.79 Å². The highest BCUT2D eigenvalue weighted by molar-refractivity contribution is 5.95. The Hall–Kier alpha value is -3.19. The van der Waals surface area contributed by atoms with Crippen molar-refractivity contribution in [2.45, 2.75) is 13.1 Å². The summed E-state index contributed by atoms with van der Waals surface area (Å²) >= 11 is 0. The maximum absolute atomic E-state index is 12.5. The van der Waals surface area contributed by atoms with Gasteiger partial charge in [0.05, 0.1) is 6.54 Å². The Bertz CT molecular complexity index is 861. The molecule has 7 nitrogen and oxygen atoms in total. The van der Waals surface area contributed by atoms with E-state index in [1.807, 2.05) is 47.4 Å². The topological polar surface area (TPSA) is 123 Å². The first kappa shape index (κ1) is 18.6. The Kier molecular flexibility index (Phi) is 5.52. The lowest BCUT2D eigenvalue weighted by molar-refractivity contribution is -0.136. The lowest BCUT2D eigenvalue weighted by atomic mass is 10.1. The number of amidine groups is 2. The molecule has 1 saturated heterocycles. The van der Waals surface area contributed by atoms with E-state index in [0.717, 1.165) is 17.7 Å². The van der Waals surface area contributed by atoms with Crippen LogP contribution in [0.2, 0.25) is 0 Å². The Morgan fingerprint density at radius 1 is 0.889 bits per heavy atom. The molecule has 0 spiro atoms. The van der Waals surface area contributed by atoms with Crippen LogP contribution in [-0.2, 0) is 17.9 Å². The predicted octanol–water partition coefficient (Wildman–Crippen LogP) is 1.10. The minimum absolute atomic E-state index is 0.0313. The van der Waals surface area contributed by atoms with Crippen LogP contribution in [0.3, 0.4) is 0 Å². The van der Waals surface area contributed by atoms with Crippen molar-refractivity contribution in [2.75, 3.05) is 19.6 Å². The van der Waals surface area contributed by atoms with E-state index in [-0.39, 0.29) is 17.6 Å². The second-order valence-corrected chi connectivity index (χ2v) is 6.75. The molecule has 0 radical (unpaired) electrons. The molecule has 3 rings (SSSR count). The summed E-state index contributed by atoms with van der Waals surface area (Å²) < 4.78 is 0. The van der Waals surface area contributed by atoms with E-state index >= 15 is 0 Å². The molecule has 0 aromatic heterocycles. The van der Waals surface area contributed by atoms with Crippen molar-refractivity contribution in [1.29, 1.82) is 10.8 Å². The molecule has 27 heavy (non-hydrogen) atoms. The van der Waals surface area contributed by atoms with Gasteiger partial charge in [0.1, 0.15) is 11.7 Å². The number of nitrogens with two attached hydrogens (primary N) is 2. The van der Waals surface area contributed by atoms with Crippen molar-refractivity contribution >= 4 is 17.6 Å². The fourth-order valence-corrected chi connectivity index (χ4v) is 3.16. The molecule has 1 heterocycles. The standard InChI is InChI=1S/C20H24N6O/c21-19(22)16-6-4-14(5-7-16)11-25-8-9-26(18(27)13-25)12-15-2-1-3-17(10-15)20(23)24/h1-7,10H,8-9,11-13H2,(H3,21,22)(H3,23,24). The van der Waals surface area contributed by atoms with E-state index in [1.54, 1.807) is 6.07 Å². The molecule has 2 aromatic carbocycles. The van der Waals surface area contributed by atoms with Crippen LogP contribution in [0.25, 0.3) is 0 Å². The SMILES string of the molecule is N=C(N)c1ccc(CN2CCN(Cc3cccc(C(=N)N)c3)C(=O)C2)cc1. The Morgan fingerprint density at radius 2 is 1.59 bits per heavy atom. The smallest absolute Gasteiger partial charge is 0.237 e. The lowest BCUT2D eigenvalue weighted by Gasteiger charge is -2.34. The largest absolute Gasteiger partial charge is 0.384 e. The number of nitrogens with one attached hydrogen (secondary N) is 2. The summed E-state index contributed by atoms with van der Waals surface area (Å²) in [7, 11) is 0. The number of amides is 1. The van der Waals surface area contributed by atoms with Crippen LogP contribution < -0.4 is 11.5 Å². The molecule has 0 unspecified atom stereocenters. The molecule has 0 bridgehead atoms. The zero-order chi connectivity index (χ0) is 19.4. The molecular formula is C20H24N6O. The highest BCUT2D eigenvalue weighted by Crippen LogP contribution is 2.14. The number of benzene rings is 2. The van der Waals surface area contributed by atoms with Gasteiger partial charge in [-0.25, -0.2) is 0 Å². The first-order valence-corrected chi connectivity index (χ1v) is 8.79. The van der Waals surface area contributed by atoms with Gasteiger partial charge in [0, 0.05) is 37.3 Å². The van der Waals surface area contributed by atoms with Gasteiger partial charge in [-0.15, -0.1) is 0 Å². The van der Waals surface area contributed by atoms with E-state index in [1.165, 1.54) is 0 Å². The minimum Gasteiger partial charge on any atom is -0.384 e. The van der Waals surface area contributed by atoms with Gasteiger partial charge in [0.2, 0.25) is 5.91 Å². The van der Waals surface area contributed by atoms with Crippen LogP contribution in [0.15, 0.2) is 48.5 Å². The molecule has 140 valence electrons. The fraction of sp³-hybridized carbons (Fsp3) is 0.250. The Morgan fingerprint density at radius 3 is 2.22 bits per heavy atom. The summed E-state index contributed by atoms with van der Waals surface area (Å²) in [5.74, 6) is 0.179. The Balaban J connectivity index is 1.57. The average Bonchev–Trinajstić information content (AvgIpc) is 2.64. The maximum atomic E-state index is 12.5. The van der Waals surface area contributed by atoms with Gasteiger partial charge in [-0.2, -0.15) is 0 Å². The van der Waals surface area contributed by atoms with Gasteiger partial charge >= 0.3 is 0 Å². The third kappa shape index (κ3) is 4.71. The number of carbonyl (C=O) groups is 1. The molecule has 0 atom stereocenters. The van der Waals surface area contributed by atoms with E-state index in [0.29, 0.717) is 37.3 Å². The van der Waals surface area contributed by atoms with Crippen molar-refractivity contribution in [3.63, 3.8) is 0 Å². The summed E-state index contributed by atoms with van der Waals surface area (Å²) in [5, 5.41) is 15.0. The monoisotopic (exact) mass is 364 g/mol. The van der Waals surface area contributed by atoms with Crippen LogP contribution in [0.1, 0.15) is 22.3 Å². The highest BCUT2D eigenvalue weighted by Gasteiger charge is 2.24. The number of piperazine rings is 1. The van der Waals surface area contributed by atoms with Gasteiger partial charge in [0.25, 0.3) is 0 Å². The van der Waals surface area contributed by atoms with Gasteiger partial charge in [-0.05, 0) is 17.2 Å². The van der Waals surface area contributed by atoms with Gasteiger partial charge in [-0.1, -0.05) is 42.5 Å². The zero-order valence-corrected chi connectivity index (χ0v) is 15.1. The zero-order valence-electron chi connectivity index (χ0n) is 15.1. The Labute approximate surface area is 158 Å². The van der Waals surface area contributed by atoms with Crippen molar-refractivity contribution in [3.8, 4) is 0 Å². The maximum Gasteiger partial charge on any atom is 0.237 e. The molecule has 1 aliphatic rings. The van der Waals surface area contributed by atoms with E-state index < -0.39 is 0 Å². The van der Waals surface area contributed by atoms with E-state index in [2.05, 4.69) is 4.90 Å². The minimum atomic E-state index is 0.0313. The molecule has 1 amide bonds. The van der Waals surface area contributed by atoms with Gasteiger partial charge in [0.15, 0.2) is 0 Å². The first-order chi connectivity index (χ1) is 12.9. The molecule has 2 aromatic rings. The van der Waals surface area contributed by atoms with Gasteiger partial charge < -0.3 is 16.4 Å². The summed E-state index contributed by atoms with van der Waals surface area (Å²) in [4.78, 5) is 16.5. The summed E-state index contributed by atoms with van der Waals surface area (Å²) in [6.45, 7) is 3.06. The number of nitrogen functional groups attached to an aromatic ring is 2. The average molecular weight is 364 g/mol. The highest BCUT2D eigenvalue weighted by atomic mass is 16.2. The van der Waals surface area contributed by atoms with Crippen molar-refractivity contribution in [2.24, 2.45) is 11.5 Å². The molecular weight excluding hydrogens is 340 g/mol. The number of hydrogen-bond donors (Lipinski definition) is 4. The first-order valence-electron chi connectivity index (χ1n) is 8.79. The molecule has 0 aliphatic carbocycles. The normalized spacial score (nSPS) is 15.0. The number of hydrogen-bond acceptors (Lipinski definition) is 4. The van der Waals surface area contributed by atoms with Crippen molar-refractivity contribution in [1.82, 2.24) is 9.80 Å². The second kappa shape index (κ2) is 8.01. The van der Waals surface area contributed by atoms with Gasteiger partial charge in [-0.3, -0.25) is 20.5 Å². The summed E-state index contributed by atoms with van der Waals surface area (Å²) in [6, 6.07) is 15.0. The quantitative estimate of drug-likeness (QED) is 0.453. The van der Waals surface area contributed by atoms with Crippen molar-refractivity contribution in [3.05, 3.63) is 70.8 Å². The third-order valence-corrected chi connectivity index (χ3v) is 4.68. The number of rotatable bonds is 6. The van der Waals surface area contributed by atoms with E-state index in [4.69, 9.17) is 22.3 Å². The number of carbonyl (C=O) groups excluding carboxylic acids is 1. The second-order valence-electron chi connectivity index (χ2n) is 6.75. The molecule has 0 saturated carbocycles. The fourth-order valence-electron chi connectivity index (χ4n) is 3.16. The lowest BCUT2D eigenvalue weighted by Crippen LogP contribution is -2.49. The number of nitrogens with zero attached hydrogens (tertiary/aromatic N) is 2. The van der Waals surface area contributed by atoms with Crippen molar-refractivity contribution < 1.29 is 4.79 Å². The third-order valence-electron chi connectivity index (χ3n) is 4.68. The van der Waals surface area contributed by atoms with Crippen LogP contribution in [-0.4, -0.2) is 47.0 Å².